The van der Waals surface area contributed by atoms with Crippen molar-refractivity contribution < 1.29 is 9.59 Å². The molecule has 146 valence electrons. The smallest absolute Gasteiger partial charge is 0.282 e. The summed E-state index contributed by atoms with van der Waals surface area (Å²) >= 11 is 7.58. The summed E-state index contributed by atoms with van der Waals surface area (Å²) in [6.07, 6.45) is 1.14. The molecule has 0 radical (unpaired) electrons. The molecule has 2 aromatic rings. The van der Waals surface area contributed by atoms with Crippen LogP contribution in [0.4, 0.5) is 5.69 Å². The van der Waals surface area contributed by atoms with Gasteiger partial charge >= 0.3 is 0 Å². The molecule has 2 amide bonds. The second-order valence-corrected chi connectivity index (χ2v) is 9.31. The Hall–Kier alpha value is -2.11. The van der Waals surface area contributed by atoms with Gasteiger partial charge in [-0.25, -0.2) is 4.90 Å². The minimum Gasteiger partial charge on any atom is -0.366 e. The Labute approximate surface area is 174 Å². The largest absolute Gasteiger partial charge is 0.366 e. The molecule has 0 saturated carbocycles. The first-order valence-corrected chi connectivity index (χ1v) is 10.8. The molecule has 2 aliphatic heterocycles. The quantitative estimate of drug-likeness (QED) is 0.665. The third-order valence-electron chi connectivity index (χ3n) is 5.41. The number of hydrogen-bond donors (Lipinski definition) is 0. The van der Waals surface area contributed by atoms with Crippen LogP contribution in [0.3, 0.4) is 0 Å². The van der Waals surface area contributed by atoms with E-state index in [1.165, 1.54) is 16.2 Å². The Balaban J connectivity index is 1.82. The van der Waals surface area contributed by atoms with E-state index in [9.17, 15) is 9.59 Å². The van der Waals surface area contributed by atoms with Gasteiger partial charge in [-0.3, -0.25) is 9.59 Å². The number of hydrogen-bond acceptors (Lipinski definition) is 4. The van der Waals surface area contributed by atoms with Crippen LogP contribution >= 0.6 is 22.9 Å². The van der Waals surface area contributed by atoms with E-state index in [0.29, 0.717) is 33.8 Å². The highest BCUT2D eigenvalue weighted by Gasteiger charge is 2.44. The summed E-state index contributed by atoms with van der Waals surface area (Å²) in [6, 6.07) is 9.09. The van der Waals surface area contributed by atoms with Crippen LogP contribution in [-0.2, 0) is 9.59 Å². The highest BCUT2D eigenvalue weighted by Crippen LogP contribution is 2.39. The number of piperidine rings is 1. The number of carbonyl (C=O) groups excluding carboxylic acids is 2. The third kappa shape index (κ3) is 3.27. The van der Waals surface area contributed by atoms with E-state index < -0.39 is 0 Å². The van der Waals surface area contributed by atoms with Crippen molar-refractivity contribution in [2.75, 3.05) is 18.0 Å². The summed E-state index contributed by atoms with van der Waals surface area (Å²) in [5.41, 5.74) is 2.47. The molecule has 2 aliphatic rings. The van der Waals surface area contributed by atoms with Gasteiger partial charge in [-0.05, 0) is 60.4 Å². The fourth-order valence-corrected chi connectivity index (χ4v) is 5.38. The first kappa shape index (κ1) is 19.2. The Morgan fingerprint density at radius 3 is 2.39 bits per heavy atom. The number of imide groups is 1. The number of anilines is 1. The number of benzene rings is 1. The Kier molecular flexibility index (Phi) is 5.06. The third-order valence-corrected chi connectivity index (χ3v) is 6.53. The molecule has 4 rings (SSSR count). The van der Waals surface area contributed by atoms with Crippen molar-refractivity contribution in [1.29, 1.82) is 0 Å². The van der Waals surface area contributed by atoms with Crippen molar-refractivity contribution >= 4 is 46.0 Å². The molecule has 0 spiro atoms. The molecule has 1 fully saturated rings. The molecule has 4 nitrogen and oxygen atoms in total. The minimum absolute atomic E-state index is 0.236. The first-order chi connectivity index (χ1) is 13.4. The Bertz CT molecular complexity index is 957. The van der Waals surface area contributed by atoms with Crippen LogP contribution in [0.5, 0.6) is 0 Å². The van der Waals surface area contributed by atoms with E-state index >= 15 is 0 Å². The van der Waals surface area contributed by atoms with Gasteiger partial charge in [0.25, 0.3) is 11.8 Å². The van der Waals surface area contributed by atoms with Crippen LogP contribution in [0.15, 0.2) is 41.4 Å². The number of nitrogens with zero attached hydrogens (tertiary/aromatic N) is 2. The molecular weight excluding hydrogens is 392 g/mol. The van der Waals surface area contributed by atoms with Crippen molar-refractivity contribution in [2.24, 2.45) is 11.8 Å². The van der Waals surface area contributed by atoms with Crippen molar-refractivity contribution in [1.82, 2.24) is 4.90 Å². The zero-order valence-corrected chi connectivity index (χ0v) is 17.8. The molecular formula is C22H23ClN2O2S. The van der Waals surface area contributed by atoms with Gasteiger partial charge in [-0.1, -0.05) is 31.5 Å². The summed E-state index contributed by atoms with van der Waals surface area (Å²) in [4.78, 5) is 31.3. The zero-order chi connectivity index (χ0) is 20.0. The number of amides is 2. The predicted octanol–water partition coefficient (Wildman–Crippen LogP) is 4.97. The fourth-order valence-electron chi connectivity index (χ4n) is 4.39. The lowest BCUT2D eigenvalue weighted by molar-refractivity contribution is -0.120. The Morgan fingerprint density at radius 2 is 1.79 bits per heavy atom. The molecule has 1 aromatic heterocycles. The van der Waals surface area contributed by atoms with E-state index in [2.05, 4.69) is 18.7 Å². The van der Waals surface area contributed by atoms with Crippen LogP contribution in [0, 0.1) is 18.8 Å². The standard InChI is InChI=1S/C22H23ClN2O2S/c1-13-9-14(2)12-24(11-13)20-19(18-5-4-8-28-18)21(26)25(22(20)27)17-7-6-16(23)10-15(17)3/h4-8,10,13-14H,9,11-12H2,1-3H3. The molecule has 0 N–H and O–H groups in total. The van der Waals surface area contributed by atoms with Gasteiger partial charge in [0, 0.05) is 23.0 Å². The monoisotopic (exact) mass is 414 g/mol. The maximum atomic E-state index is 13.5. The van der Waals surface area contributed by atoms with Gasteiger partial charge in [-0.15, -0.1) is 11.3 Å². The van der Waals surface area contributed by atoms with Gasteiger partial charge in [0.1, 0.15) is 5.70 Å². The Morgan fingerprint density at radius 1 is 1.07 bits per heavy atom. The van der Waals surface area contributed by atoms with Crippen molar-refractivity contribution in [2.45, 2.75) is 27.2 Å². The summed E-state index contributed by atoms with van der Waals surface area (Å²) < 4.78 is 0. The van der Waals surface area contributed by atoms with E-state index in [-0.39, 0.29) is 11.8 Å². The van der Waals surface area contributed by atoms with Crippen LogP contribution in [0.2, 0.25) is 5.02 Å². The van der Waals surface area contributed by atoms with Gasteiger partial charge < -0.3 is 4.90 Å². The van der Waals surface area contributed by atoms with E-state index in [1.54, 1.807) is 18.2 Å². The van der Waals surface area contributed by atoms with Gasteiger partial charge in [-0.2, -0.15) is 0 Å². The second-order valence-electron chi connectivity index (χ2n) is 7.93. The molecule has 1 aromatic carbocycles. The summed E-state index contributed by atoms with van der Waals surface area (Å²) in [5, 5.41) is 2.53. The number of rotatable bonds is 3. The number of likely N-dealkylation sites (tertiary alicyclic amines) is 1. The number of aryl methyl sites for hydroxylation is 1. The van der Waals surface area contributed by atoms with Crippen molar-refractivity contribution in [3.8, 4) is 0 Å². The molecule has 2 atom stereocenters. The maximum Gasteiger partial charge on any atom is 0.282 e. The normalized spacial score (nSPS) is 23.1. The molecule has 28 heavy (non-hydrogen) atoms. The SMILES string of the molecule is Cc1cc(Cl)ccc1N1C(=O)C(c2cccs2)=C(N2CC(C)CC(C)C2)C1=O. The molecule has 6 heteroatoms. The lowest BCUT2D eigenvalue weighted by atomic mass is 9.91. The van der Waals surface area contributed by atoms with Crippen LogP contribution in [0.25, 0.3) is 5.57 Å². The first-order valence-electron chi connectivity index (χ1n) is 9.55. The van der Waals surface area contributed by atoms with Gasteiger partial charge in [0.05, 0.1) is 11.3 Å². The molecule has 2 unspecified atom stereocenters. The van der Waals surface area contributed by atoms with E-state index in [1.807, 2.05) is 24.4 Å². The number of halogens is 1. The zero-order valence-electron chi connectivity index (χ0n) is 16.2. The predicted molar refractivity (Wildman–Crippen MR) is 114 cm³/mol. The van der Waals surface area contributed by atoms with Crippen molar-refractivity contribution in [3.63, 3.8) is 0 Å². The average Bonchev–Trinajstić information content (AvgIpc) is 3.21. The highest BCUT2D eigenvalue weighted by molar-refractivity contribution is 7.11. The van der Waals surface area contributed by atoms with E-state index in [0.717, 1.165) is 30.0 Å². The summed E-state index contributed by atoms with van der Waals surface area (Å²) in [5.74, 6) is 0.476. The highest BCUT2D eigenvalue weighted by atomic mass is 35.5. The van der Waals surface area contributed by atoms with Crippen LogP contribution < -0.4 is 4.90 Å². The van der Waals surface area contributed by atoms with Crippen molar-refractivity contribution in [3.05, 3.63) is 56.9 Å². The average molecular weight is 415 g/mol. The second kappa shape index (κ2) is 7.37. The van der Waals surface area contributed by atoms with Gasteiger partial charge in [0.2, 0.25) is 0 Å². The van der Waals surface area contributed by atoms with Gasteiger partial charge in [0.15, 0.2) is 0 Å². The molecule has 1 saturated heterocycles. The fraction of sp³-hybridized carbons (Fsp3) is 0.364. The number of thiophene rings is 1. The number of carbonyl (C=O) groups is 2. The van der Waals surface area contributed by atoms with Crippen LogP contribution in [-0.4, -0.2) is 29.8 Å². The molecule has 3 heterocycles. The molecule has 0 bridgehead atoms. The maximum absolute atomic E-state index is 13.5. The van der Waals surface area contributed by atoms with Crippen LogP contribution in [0.1, 0.15) is 30.7 Å². The minimum atomic E-state index is -0.251. The lowest BCUT2D eigenvalue weighted by Crippen LogP contribution is -2.42. The summed E-state index contributed by atoms with van der Waals surface area (Å²) in [6.45, 7) is 7.87. The molecule has 0 aliphatic carbocycles. The van der Waals surface area contributed by atoms with E-state index in [4.69, 9.17) is 11.6 Å². The topological polar surface area (TPSA) is 40.6 Å². The lowest BCUT2D eigenvalue weighted by Gasteiger charge is -2.37. The summed E-state index contributed by atoms with van der Waals surface area (Å²) in [7, 11) is 0.